The van der Waals surface area contributed by atoms with Crippen molar-refractivity contribution in [3.05, 3.63) is 29.6 Å². The zero-order chi connectivity index (χ0) is 17.2. The summed E-state index contributed by atoms with van der Waals surface area (Å²) in [6.45, 7) is 6.60. The smallest absolute Gasteiger partial charge is 0.317 e. The second kappa shape index (κ2) is 7.04. The highest BCUT2D eigenvalue weighted by Crippen LogP contribution is 2.20. The lowest BCUT2D eigenvalue weighted by molar-refractivity contribution is 0.161. The molecule has 4 rings (SSSR count). The lowest BCUT2D eigenvalue weighted by atomic mass is 10.1. The molecule has 2 aliphatic heterocycles. The number of amides is 2. The van der Waals surface area contributed by atoms with Crippen molar-refractivity contribution in [2.45, 2.75) is 45.2 Å². The Kier molecular flexibility index (Phi) is 4.61. The predicted octanol–water partition coefficient (Wildman–Crippen LogP) is 2.64. The first-order chi connectivity index (χ1) is 12.2. The summed E-state index contributed by atoms with van der Waals surface area (Å²) in [5.41, 5.74) is 3.17. The molecule has 134 valence electrons. The van der Waals surface area contributed by atoms with Crippen LogP contribution in [0.25, 0.3) is 11.0 Å². The number of hydrogen-bond donors (Lipinski definition) is 2. The van der Waals surface area contributed by atoms with E-state index in [9.17, 15) is 4.79 Å². The molecule has 1 atom stereocenters. The van der Waals surface area contributed by atoms with Crippen LogP contribution in [0.15, 0.2) is 18.2 Å². The summed E-state index contributed by atoms with van der Waals surface area (Å²) in [5, 5.41) is 3.01. The van der Waals surface area contributed by atoms with Crippen molar-refractivity contribution < 1.29 is 4.79 Å². The van der Waals surface area contributed by atoms with Gasteiger partial charge in [0, 0.05) is 19.1 Å². The molecule has 3 heterocycles. The van der Waals surface area contributed by atoms with E-state index in [0.717, 1.165) is 36.4 Å². The Morgan fingerprint density at radius 1 is 1.28 bits per heavy atom. The summed E-state index contributed by atoms with van der Waals surface area (Å²) in [5.74, 6) is 0.806. The first kappa shape index (κ1) is 16.4. The number of likely N-dealkylation sites (tertiary alicyclic amines) is 2. The molecule has 0 bridgehead atoms. The van der Waals surface area contributed by atoms with Crippen molar-refractivity contribution in [2.24, 2.45) is 0 Å². The molecule has 2 amide bonds. The van der Waals surface area contributed by atoms with Gasteiger partial charge in [0.05, 0.1) is 17.6 Å². The fraction of sp³-hybridized carbons (Fsp3) is 0.579. The summed E-state index contributed by atoms with van der Waals surface area (Å²) in [6.07, 6.45) is 5.05. The van der Waals surface area contributed by atoms with Crippen LogP contribution in [0.4, 0.5) is 4.79 Å². The van der Waals surface area contributed by atoms with Crippen molar-refractivity contribution in [2.75, 3.05) is 26.2 Å². The van der Waals surface area contributed by atoms with Crippen molar-refractivity contribution in [3.63, 3.8) is 0 Å². The highest BCUT2D eigenvalue weighted by atomic mass is 16.2. The van der Waals surface area contributed by atoms with Crippen LogP contribution in [0.3, 0.4) is 0 Å². The number of benzene rings is 1. The van der Waals surface area contributed by atoms with Gasteiger partial charge in [0.2, 0.25) is 0 Å². The summed E-state index contributed by atoms with van der Waals surface area (Å²) in [7, 11) is 0. The molecular formula is C19H27N5O. The number of hydrogen-bond acceptors (Lipinski definition) is 3. The Morgan fingerprint density at radius 2 is 2.12 bits per heavy atom. The Hall–Kier alpha value is -2.08. The summed E-state index contributed by atoms with van der Waals surface area (Å²) in [4.78, 5) is 24.8. The summed E-state index contributed by atoms with van der Waals surface area (Å²) < 4.78 is 0. The largest absolute Gasteiger partial charge is 0.340 e. The van der Waals surface area contributed by atoms with Crippen molar-refractivity contribution in [1.29, 1.82) is 0 Å². The zero-order valence-corrected chi connectivity index (χ0v) is 14.9. The molecule has 2 saturated heterocycles. The van der Waals surface area contributed by atoms with Crippen LogP contribution in [-0.2, 0) is 6.54 Å². The van der Waals surface area contributed by atoms with Gasteiger partial charge in [-0.05, 0) is 57.0 Å². The molecule has 0 aliphatic carbocycles. The van der Waals surface area contributed by atoms with Gasteiger partial charge >= 0.3 is 6.03 Å². The van der Waals surface area contributed by atoms with Gasteiger partial charge in [-0.2, -0.15) is 0 Å². The number of carbonyl (C=O) groups is 1. The Labute approximate surface area is 148 Å². The van der Waals surface area contributed by atoms with Crippen molar-refractivity contribution in [3.8, 4) is 0 Å². The molecule has 6 heteroatoms. The Morgan fingerprint density at radius 3 is 2.96 bits per heavy atom. The van der Waals surface area contributed by atoms with Gasteiger partial charge in [-0.15, -0.1) is 0 Å². The number of imidazole rings is 1. The normalized spacial score (nSPS) is 21.8. The number of rotatable bonds is 3. The fourth-order valence-corrected chi connectivity index (χ4v) is 4.04. The van der Waals surface area contributed by atoms with Crippen LogP contribution in [0, 0.1) is 6.92 Å². The highest BCUT2D eigenvalue weighted by Gasteiger charge is 2.30. The van der Waals surface area contributed by atoms with E-state index >= 15 is 0 Å². The highest BCUT2D eigenvalue weighted by molar-refractivity contribution is 5.76. The molecule has 1 aromatic heterocycles. The monoisotopic (exact) mass is 341 g/mol. The number of carbonyl (C=O) groups excluding carboxylic acids is 1. The van der Waals surface area contributed by atoms with Crippen LogP contribution in [-0.4, -0.2) is 58.0 Å². The minimum atomic E-state index is 0.0242. The number of aryl methyl sites for hydroxylation is 1. The molecule has 2 aliphatic rings. The van der Waals surface area contributed by atoms with Crippen LogP contribution >= 0.6 is 0 Å². The molecule has 0 saturated carbocycles. The average molecular weight is 341 g/mol. The third kappa shape index (κ3) is 3.63. The number of fused-ring (bicyclic) bond motifs is 1. The maximum atomic E-state index is 12.5. The standard InChI is InChI=1S/C19H27N5O/c1-14-5-6-16-17(11-14)22-18(21-16)12-20-19(25)24-10-7-15(13-24)23-8-3-2-4-9-23/h5-6,11,15H,2-4,7-10,12-13H2,1H3,(H,20,25)(H,21,22). The van der Waals surface area contributed by atoms with Crippen molar-refractivity contribution in [1.82, 2.24) is 25.1 Å². The maximum absolute atomic E-state index is 12.5. The van der Waals surface area contributed by atoms with E-state index < -0.39 is 0 Å². The van der Waals surface area contributed by atoms with Gasteiger partial charge in [-0.1, -0.05) is 12.5 Å². The van der Waals surface area contributed by atoms with E-state index in [1.165, 1.54) is 37.9 Å². The van der Waals surface area contributed by atoms with Gasteiger partial charge < -0.3 is 15.2 Å². The minimum absolute atomic E-state index is 0.0242. The van der Waals surface area contributed by atoms with E-state index in [4.69, 9.17) is 0 Å². The first-order valence-electron chi connectivity index (χ1n) is 9.41. The van der Waals surface area contributed by atoms with E-state index in [1.54, 1.807) is 0 Å². The third-order valence-electron chi connectivity index (χ3n) is 5.45. The van der Waals surface area contributed by atoms with Gasteiger partial charge in [-0.25, -0.2) is 9.78 Å². The van der Waals surface area contributed by atoms with Gasteiger partial charge in [0.25, 0.3) is 0 Å². The quantitative estimate of drug-likeness (QED) is 0.902. The molecular weight excluding hydrogens is 314 g/mol. The maximum Gasteiger partial charge on any atom is 0.317 e. The second-order valence-electron chi connectivity index (χ2n) is 7.35. The lowest BCUT2D eigenvalue weighted by Crippen LogP contribution is -2.43. The van der Waals surface area contributed by atoms with Gasteiger partial charge in [0.1, 0.15) is 5.82 Å². The fourth-order valence-electron chi connectivity index (χ4n) is 4.04. The molecule has 25 heavy (non-hydrogen) atoms. The van der Waals surface area contributed by atoms with E-state index in [-0.39, 0.29) is 6.03 Å². The molecule has 2 fully saturated rings. The number of urea groups is 1. The lowest BCUT2D eigenvalue weighted by Gasteiger charge is -2.32. The first-order valence-corrected chi connectivity index (χ1v) is 9.41. The molecule has 2 N–H and O–H groups in total. The minimum Gasteiger partial charge on any atom is -0.340 e. The van der Waals surface area contributed by atoms with Crippen LogP contribution in [0.1, 0.15) is 37.1 Å². The van der Waals surface area contributed by atoms with Crippen LogP contribution in [0.2, 0.25) is 0 Å². The van der Waals surface area contributed by atoms with Crippen LogP contribution in [0.5, 0.6) is 0 Å². The molecule has 0 spiro atoms. The molecule has 0 radical (unpaired) electrons. The Balaban J connectivity index is 1.31. The van der Waals surface area contributed by atoms with Crippen molar-refractivity contribution >= 4 is 17.1 Å². The van der Waals surface area contributed by atoms with Crippen LogP contribution < -0.4 is 5.32 Å². The number of nitrogens with one attached hydrogen (secondary N) is 2. The number of H-pyrrole nitrogens is 1. The SMILES string of the molecule is Cc1ccc2nc(CNC(=O)N3CCC(N4CCCCC4)C3)[nH]c2c1. The van der Waals surface area contributed by atoms with E-state index in [1.807, 2.05) is 11.0 Å². The topological polar surface area (TPSA) is 64.3 Å². The van der Waals surface area contributed by atoms with E-state index in [0.29, 0.717) is 12.6 Å². The zero-order valence-electron chi connectivity index (χ0n) is 14.9. The molecule has 6 nitrogen and oxygen atoms in total. The summed E-state index contributed by atoms with van der Waals surface area (Å²) >= 11 is 0. The number of aromatic nitrogens is 2. The van der Waals surface area contributed by atoms with E-state index in [2.05, 4.69) is 39.2 Å². The van der Waals surface area contributed by atoms with Gasteiger partial charge in [-0.3, -0.25) is 4.90 Å². The molecule has 1 unspecified atom stereocenters. The second-order valence-corrected chi connectivity index (χ2v) is 7.35. The third-order valence-corrected chi connectivity index (χ3v) is 5.45. The number of aromatic amines is 1. The predicted molar refractivity (Wildman–Crippen MR) is 98.5 cm³/mol. The number of nitrogens with zero attached hydrogens (tertiary/aromatic N) is 3. The Bertz CT molecular complexity index is 749. The number of piperidine rings is 1. The summed E-state index contributed by atoms with van der Waals surface area (Å²) in [6, 6.07) is 6.71. The average Bonchev–Trinajstić information content (AvgIpc) is 3.27. The van der Waals surface area contributed by atoms with Gasteiger partial charge in [0.15, 0.2) is 0 Å². The molecule has 2 aromatic rings. The molecule has 1 aromatic carbocycles.